The summed E-state index contributed by atoms with van der Waals surface area (Å²) in [5.74, 6) is -1.04. The fourth-order valence-corrected chi connectivity index (χ4v) is 3.89. The van der Waals surface area contributed by atoms with Crippen LogP contribution in [0.15, 0.2) is 17.0 Å². The standard InChI is InChI=1S/C12H16FN3O4S/c1-8-5-10(13)11(16(17)18)6-12(8)21(19,20)14-9-3-4-15(2)7-9/h5-6,9,14H,3-4,7H2,1-2H3. The highest BCUT2D eigenvalue weighted by molar-refractivity contribution is 7.89. The average Bonchev–Trinajstić information content (AvgIpc) is 2.72. The third kappa shape index (κ3) is 3.36. The molecule has 1 unspecified atom stereocenters. The SMILES string of the molecule is Cc1cc(F)c([N+](=O)[O-])cc1S(=O)(=O)NC1CCN(C)C1. The number of sulfonamides is 1. The van der Waals surface area contributed by atoms with Crippen molar-refractivity contribution in [1.82, 2.24) is 9.62 Å². The quantitative estimate of drug-likeness (QED) is 0.661. The topological polar surface area (TPSA) is 92.5 Å². The number of nitrogens with zero attached hydrogens (tertiary/aromatic N) is 2. The molecule has 0 aromatic heterocycles. The van der Waals surface area contributed by atoms with Gasteiger partial charge in [-0.05, 0) is 38.6 Å². The Morgan fingerprint density at radius 1 is 1.48 bits per heavy atom. The van der Waals surface area contributed by atoms with Crippen LogP contribution in [0.25, 0.3) is 0 Å². The number of halogens is 1. The zero-order valence-electron chi connectivity index (χ0n) is 11.7. The monoisotopic (exact) mass is 317 g/mol. The fraction of sp³-hybridized carbons (Fsp3) is 0.500. The normalized spacial score (nSPS) is 19.9. The van der Waals surface area contributed by atoms with Crippen LogP contribution in [0.2, 0.25) is 0 Å². The van der Waals surface area contributed by atoms with Crippen LogP contribution in [-0.2, 0) is 10.0 Å². The van der Waals surface area contributed by atoms with Gasteiger partial charge in [0.05, 0.1) is 9.82 Å². The van der Waals surface area contributed by atoms with Gasteiger partial charge in [0.1, 0.15) is 0 Å². The highest BCUT2D eigenvalue weighted by Gasteiger charge is 2.29. The van der Waals surface area contributed by atoms with Gasteiger partial charge in [0, 0.05) is 18.7 Å². The molecule has 1 saturated heterocycles. The van der Waals surface area contributed by atoms with Crippen molar-refractivity contribution in [1.29, 1.82) is 0 Å². The van der Waals surface area contributed by atoms with Crippen LogP contribution in [0.5, 0.6) is 0 Å². The lowest BCUT2D eigenvalue weighted by molar-refractivity contribution is -0.387. The van der Waals surface area contributed by atoms with Crippen molar-refractivity contribution in [3.05, 3.63) is 33.6 Å². The summed E-state index contributed by atoms with van der Waals surface area (Å²) in [6.07, 6.45) is 0.665. The van der Waals surface area contributed by atoms with Crippen LogP contribution in [-0.4, -0.2) is 44.4 Å². The minimum absolute atomic E-state index is 0.136. The number of rotatable bonds is 4. The predicted octanol–water partition coefficient (Wildman–Crippen LogP) is 1.02. The second-order valence-electron chi connectivity index (χ2n) is 5.20. The van der Waals surface area contributed by atoms with Crippen LogP contribution in [0, 0.1) is 22.9 Å². The number of hydrogen-bond donors (Lipinski definition) is 1. The highest BCUT2D eigenvalue weighted by Crippen LogP contribution is 2.25. The molecule has 2 rings (SSSR count). The molecule has 0 spiro atoms. The van der Waals surface area contributed by atoms with Crippen molar-refractivity contribution in [2.75, 3.05) is 20.1 Å². The molecule has 1 aliphatic rings. The third-order valence-corrected chi connectivity index (χ3v) is 5.11. The lowest BCUT2D eigenvalue weighted by Gasteiger charge is -2.14. The first kappa shape index (κ1) is 15.8. The van der Waals surface area contributed by atoms with Gasteiger partial charge in [-0.25, -0.2) is 13.1 Å². The van der Waals surface area contributed by atoms with Crippen LogP contribution in [0.1, 0.15) is 12.0 Å². The lowest BCUT2D eigenvalue weighted by Crippen LogP contribution is -2.36. The van der Waals surface area contributed by atoms with Crippen LogP contribution < -0.4 is 4.72 Å². The smallest absolute Gasteiger partial charge is 0.305 e. The van der Waals surface area contributed by atoms with Gasteiger partial charge in [-0.1, -0.05) is 0 Å². The van der Waals surface area contributed by atoms with E-state index in [0.717, 1.165) is 18.7 Å². The first-order valence-corrected chi connectivity index (χ1v) is 7.84. The number of hydrogen-bond acceptors (Lipinski definition) is 5. The van der Waals surface area contributed by atoms with Gasteiger partial charge in [0.15, 0.2) is 0 Å². The summed E-state index contributed by atoms with van der Waals surface area (Å²) in [5, 5.41) is 10.7. The molecule has 1 fully saturated rings. The molecule has 0 amide bonds. The number of likely N-dealkylation sites (N-methyl/N-ethyl adjacent to an activating group) is 1. The van der Waals surface area contributed by atoms with E-state index < -0.39 is 26.5 Å². The largest absolute Gasteiger partial charge is 0.306 e. The van der Waals surface area contributed by atoms with Gasteiger partial charge in [-0.15, -0.1) is 0 Å². The molecule has 7 nitrogen and oxygen atoms in total. The summed E-state index contributed by atoms with van der Waals surface area (Å²) in [4.78, 5) is 11.5. The number of nitro benzene ring substituents is 1. The second-order valence-corrected chi connectivity index (χ2v) is 6.88. The number of likely N-dealkylation sites (tertiary alicyclic amines) is 1. The second kappa shape index (κ2) is 5.66. The van der Waals surface area contributed by atoms with Gasteiger partial charge < -0.3 is 4.90 Å². The Bertz CT molecular complexity index is 677. The first-order chi connectivity index (χ1) is 9.70. The molecule has 9 heteroatoms. The average molecular weight is 317 g/mol. The number of nitrogens with one attached hydrogen (secondary N) is 1. The van der Waals surface area contributed by atoms with Gasteiger partial charge in [-0.3, -0.25) is 10.1 Å². The molecule has 1 heterocycles. The summed E-state index contributed by atoms with van der Waals surface area (Å²) in [5.41, 5.74) is -0.707. The van der Waals surface area contributed by atoms with Crippen molar-refractivity contribution in [2.24, 2.45) is 0 Å². The highest BCUT2D eigenvalue weighted by atomic mass is 32.2. The molecule has 0 saturated carbocycles. The number of aryl methyl sites for hydroxylation is 1. The molecular weight excluding hydrogens is 301 g/mol. The molecule has 1 atom stereocenters. The van der Waals surface area contributed by atoms with Crippen molar-refractivity contribution in [3.8, 4) is 0 Å². The molecule has 0 bridgehead atoms. The maximum Gasteiger partial charge on any atom is 0.306 e. The number of nitro groups is 1. The van der Waals surface area contributed by atoms with Crippen molar-refractivity contribution in [2.45, 2.75) is 24.3 Å². The van der Waals surface area contributed by atoms with Crippen LogP contribution in [0.4, 0.5) is 10.1 Å². The third-order valence-electron chi connectivity index (χ3n) is 3.44. The molecule has 1 N–H and O–H groups in total. The Morgan fingerprint density at radius 2 is 2.14 bits per heavy atom. The molecule has 21 heavy (non-hydrogen) atoms. The van der Waals surface area contributed by atoms with Gasteiger partial charge in [0.25, 0.3) is 0 Å². The van der Waals surface area contributed by atoms with E-state index in [2.05, 4.69) is 4.72 Å². The Kier molecular flexibility index (Phi) is 4.26. The van der Waals surface area contributed by atoms with Gasteiger partial charge >= 0.3 is 5.69 Å². The van der Waals surface area contributed by atoms with E-state index in [9.17, 15) is 22.9 Å². The summed E-state index contributed by atoms with van der Waals surface area (Å²) in [6.45, 7) is 2.75. The molecule has 116 valence electrons. The Hall–Kier alpha value is -1.58. The van der Waals surface area contributed by atoms with Crippen molar-refractivity contribution >= 4 is 15.7 Å². The van der Waals surface area contributed by atoms with E-state index in [1.54, 1.807) is 0 Å². The molecule has 1 aromatic carbocycles. The maximum absolute atomic E-state index is 13.5. The summed E-state index contributed by atoms with van der Waals surface area (Å²) < 4.78 is 40.6. The Morgan fingerprint density at radius 3 is 2.67 bits per heavy atom. The van der Waals surface area contributed by atoms with E-state index in [4.69, 9.17) is 0 Å². The van der Waals surface area contributed by atoms with Crippen LogP contribution >= 0.6 is 0 Å². The molecule has 1 aliphatic heterocycles. The zero-order chi connectivity index (χ0) is 15.8. The Labute approximate surface area is 122 Å². The van der Waals surface area contributed by atoms with E-state index in [-0.39, 0.29) is 16.5 Å². The molecule has 1 aromatic rings. The zero-order valence-corrected chi connectivity index (χ0v) is 12.5. The van der Waals surface area contributed by atoms with E-state index in [0.29, 0.717) is 13.0 Å². The summed E-state index contributed by atoms with van der Waals surface area (Å²) >= 11 is 0. The minimum atomic E-state index is -3.92. The van der Waals surface area contributed by atoms with Crippen molar-refractivity contribution in [3.63, 3.8) is 0 Å². The first-order valence-electron chi connectivity index (χ1n) is 6.36. The Balaban J connectivity index is 2.35. The van der Waals surface area contributed by atoms with Gasteiger partial charge in [0.2, 0.25) is 15.8 Å². The van der Waals surface area contributed by atoms with Crippen molar-refractivity contribution < 1.29 is 17.7 Å². The predicted molar refractivity (Wildman–Crippen MR) is 74.0 cm³/mol. The summed E-state index contributed by atoms with van der Waals surface area (Å²) in [6, 6.07) is 1.39. The summed E-state index contributed by atoms with van der Waals surface area (Å²) in [7, 11) is -2.04. The molecule has 0 aliphatic carbocycles. The molecule has 0 radical (unpaired) electrons. The van der Waals surface area contributed by atoms with Crippen LogP contribution in [0.3, 0.4) is 0 Å². The lowest BCUT2D eigenvalue weighted by atomic mass is 10.2. The van der Waals surface area contributed by atoms with E-state index >= 15 is 0 Å². The van der Waals surface area contributed by atoms with Gasteiger partial charge in [-0.2, -0.15) is 4.39 Å². The fourth-order valence-electron chi connectivity index (χ4n) is 2.39. The van der Waals surface area contributed by atoms with E-state index in [1.165, 1.54) is 6.92 Å². The maximum atomic E-state index is 13.5. The minimum Gasteiger partial charge on any atom is -0.305 e. The molecular formula is C12H16FN3O4S. The number of benzene rings is 1. The van der Waals surface area contributed by atoms with E-state index in [1.807, 2.05) is 11.9 Å².